The van der Waals surface area contributed by atoms with Crippen molar-refractivity contribution in [2.75, 3.05) is 4.90 Å². The first-order chi connectivity index (χ1) is 8.72. The number of halogens is 1. The van der Waals surface area contributed by atoms with Crippen LogP contribution in [0.15, 0.2) is 48.5 Å². The summed E-state index contributed by atoms with van der Waals surface area (Å²) in [6.07, 6.45) is 0.731. The Morgan fingerprint density at radius 1 is 1.11 bits per heavy atom. The predicted octanol–water partition coefficient (Wildman–Crippen LogP) is 3.30. The number of anilines is 1. The van der Waals surface area contributed by atoms with Crippen molar-refractivity contribution in [3.05, 3.63) is 65.5 Å². The van der Waals surface area contributed by atoms with Gasteiger partial charge in [0.25, 0.3) is 0 Å². The average Bonchev–Trinajstić information content (AvgIpc) is 2.41. The highest BCUT2D eigenvalue weighted by Crippen LogP contribution is 2.22. The summed E-state index contributed by atoms with van der Waals surface area (Å²) < 4.78 is 13.5. The van der Waals surface area contributed by atoms with Crippen molar-refractivity contribution in [2.45, 2.75) is 13.5 Å². The Bertz CT molecular complexity index is 539. The topological polar surface area (TPSA) is 20.3 Å². The summed E-state index contributed by atoms with van der Waals surface area (Å²) in [5, 5.41) is 0. The van der Waals surface area contributed by atoms with Gasteiger partial charge < -0.3 is 4.90 Å². The molecule has 0 N–H and O–H groups in total. The van der Waals surface area contributed by atoms with Crippen molar-refractivity contribution >= 4 is 12.1 Å². The van der Waals surface area contributed by atoms with Gasteiger partial charge in [0.05, 0.1) is 6.54 Å². The maximum absolute atomic E-state index is 13.5. The van der Waals surface area contributed by atoms with E-state index in [1.54, 1.807) is 19.1 Å². The molecule has 0 heterocycles. The van der Waals surface area contributed by atoms with Gasteiger partial charge in [-0.1, -0.05) is 36.4 Å². The smallest absolute Gasteiger partial charge is 0.214 e. The first-order valence-corrected chi connectivity index (χ1v) is 5.73. The molecular weight excluding hydrogens is 229 g/mol. The first kappa shape index (κ1) is 12.3. The van der Waals surface area contributed by atoms with E-state index in [1.165, 1.54) is 11.0 Å². The third-order valence-electron chi connectivity index (χ3n) is 2.87. The minimum Gasteiger partial charge on any atom is -0.310 e. The number of nitrogens with zero attached hydrogens (tertiary/aromatic N) is 1. The van der Waals surface area contributed by atoms with Crippen molar-refractivity contribution in [1.29, 1.82) is 0 Å². The summed E-state index contributed by atoms with van der Waals surface area (Å²) in [6, 6.07) is 14.4. The zero-order valence-electron chi connectivity index (χ0n) is 10.1. The van der Waals surface area contributed by atoms with E-state index in [0.717, 1.165) is 12.0 Å². The van der Waals surface area contributed by atoms with E-state index in [4.69, 9.17) is 0 Å². The molecule has 2 aromatic carbocycles. The summed E-state index contributed by atoms with van der Waals surface area (Å²) in [7, 11) is 0. The van der Waals surface area contributed by atoms with E-state index < -0.39 is 0 Å². The fraction of sp³-hybridized carbons (Fsp3) is 0.133. The Balaban J connectivity index is 2.29. The van der Waals surface area contributed by atoms with E-state index in [1.807, 2.05) is 30.3 Å². The summed E-state index contributed by atoms with van der Waals surface area (Å²) in [5.41, 5.74) is 2.10. The van der Waals surface area contributed by atoms with Gasteiger partial charge in [-0.25, -0.2) is 4.39 Å². The molecule has 92 valence electrons. The van der Waals surface area contributed by atoms with Gasteiger partial charge in [-0.15, -0.1) is 0 Å². The lowest BCUT2D eigenvalue weighted by atomic mass is 10.1. The highest BCUT2D eigenvalue weighted by molar-refractivity contribution is 5.76. The van der Waals surface area contributed by atoms with Crippen LogP contribution in [-0.2, 0) is 11.3 Å². The maximum atomic E-state index is 13.5. The molecule has 3 heteroatoms. The Labute approximate surface area is 106 Å². The van der Waals surface area contributed by atoms with Gasteiger partial charge in [-0.05, 0) is 24.6 Å². The molecule has 2 rings (SSSR count). The van der Waals surface area contributed by atoms with Crippen molar-refractivity contribution in [1.82, 2.24) is 0 Å². The van der Waals surface area contributed by atoms with Crippen LogP contribution in [0.1, 0.15) is 11.1 Å². The predicted molar refractivity (Wildman–Crippen MR) is 69.8 cm³/mol. The number of benzene rings is 2. The molecule has 0 aromatic heterocycles. The second-order valence-corrected chi connectivity index (χ2v) is 4.10. The number of carbonyl (C=O) groups is 1. The van der Waals surface area contributed by atoms with E-state index in [0.29, 0.717) is 17.8 Å². The molecule has 1 amide bonds. The fourth-order valence-electron chi connectivity index (χ4n) is 1.87. The molecule has 0 bridgehead atoms. The van der Waals surface area contributed by atoms with Gasteiger partial charge in [-0.2, -0.15) is 0 Å². The molecule has 0 aliphatic heterocycles. The molecule has 0 aliphatic rings. The number of rotatable bonds is 4. The molecule has 0 saturated heterocycles. The molecular formula is C15H14FNO. The number of hydrogen-bond acceptors (Lipinski definition) is 1. The standard InChI is InChI=1S/C15H14FNO/c1-12-14(16)8-5-9-15(12)17(11-18)10-13-6-3-2-4-7-13/h2-9,11H,10H2,1H3. The second kappa shape index (κ2) is 5.45. The fourth-order valence-corrected chi connectivity index (χ4v) is 1.87. The Morgan fingerprint density at radius 2 is 1.83 bits per heavy atom. The molecule has 18 heavy (non-hydrogen) atoms. The molecule has 0 radical (unpaired) electrons. The van der Waals surface area contributed by atoms with Gasteiger partial charge in [0.15, 0.2) is 0 Å². The van der Waals surface area contributed by atoms with Crippen LogP contribution in [0, 0.1) is 12.7 Å². The highest BCUT2D eigenvalue weighted by atomic mass is 19.1. The van der Waals surface area contributed by atoms with Crippen LogP contribution in [0.2, 0.25) is 0 Å². The van der Waals surface area contributed by atoms with E-state index in [2.05, 4.69) is 0 Å². The normalized spacial score (nSPS) is 10.1. The first-order valence-electron chi connectivity index (χ1n) is 5.73. The average molecular weight is 243 g/mol. The molecule has 0 atom stereocenters. The monoisotopic (exact) mass is 243 g/mol. The third kappa shape index (κ3) is 2.56. The zero-order chi connectivity index (χ0) is 13.0. The minimum atomic E-state index is -0.299. The SMILES string of the molecule is Cc1c(F)cccc1N(C=O)Cc1ccccc1. The van der Waals surface area contributed by atoms with Gasteiger partial charge in [0.2, 0.25) is 6.41 Å². The molecule has 0 spiro atoms. The largest absolute Gasteiger partial charge is 0.310 e. The van der Waals surface area contributed by atoms with Gasteiger partial charge in [-0.3, -0.25) is 4.79 Å². The third-order valence-corrected chi connectivity index (χ3v) is 2.87. The highest BCUT2D eigenvalue weighted by Gasteiger charge is 2.11. The Kier molecular flexibility index (Phi) is 3.72. The van der Waals surface area contributed by atoms with E-state index in [-0.39, 0.29) is 5.82 Å². The molecule has 2 nitrogen and oxygen atoms in total. The van der Waals surface area contributed by atoms with Crippen molar-refractivity contribution < 1.29 is 9.18 Å². The number of amides is 1. The minimum absolute atomic E-state index is 0.299. The van der Waals surface area contributed by atoms with E-state index in [9.17, 15) is 9.18 Å². The Hall–Kier alpha value is -2.16. The summed E-state index contributed by atoms with van der Waals surface area (Å²) in [6.45, 7) is 2.11. The van der Waals surface area contributed by atoms with Gasteiger partial charge >= 0.3 is 0 Å². The summed E-state index contributed by atoms with van der Waals surface area (Å²) in [5.74, 6) is -0.299. The van der Waals surface area contributed by atoms with Crippen LogP contribution in [-0.4, -0.2) is 6.41 Å². The zero-order valence-corrected chi connectivity index (χ0v) is 10.1. The molecule has 0 aliphatic carbocycles. The lowest BCUT2D eigenvalue weighted by Gasteiger charge is -2.20. The maximum Gasteiger partial charge on any atom is 0.214 e. The van der Waals surface area contributed by atoms with Crippen molar-refractivity contribution in [2.24, 2.45) is 0 Å². The number of hydrogen-bond donors (Lipinski definition) is 0. The van der Waals surface area contributed by atoms with Crippen LogP contribution in [0.5, 0.6) is 0 Å². The summed E-state index contributed by atoms with van der Waals surface area (Å²) >= 11 is 0. The second-order valence-electron chi connectivity index (χ2n) is 4.10. The van der Waals surface area contributed by atoms with Crippen LogP contribution in [0.3, 0.4) is 0 Å². The quantitative estimate of drug-likeness (QED) is 0.754. The van der Waals surface area contributed by atoms with Gasteiger partial charge in [0.1, 0.15) is 5.82 Å². The van der Waals surface area contributed by atoms with Crippen molar-refractivity contribution in [3.63, 3.8) is 0 Å². The van der Waals surface area contributed by atoms with Crippen LogP contribution in [0.4, 0.5) is 10.1 Å². The van der Waals surface area contributed by atoms with E-state index >= 15 is 0 Å². The molecule has 2 aromatic rings. The lowest BCUT2D eigenvalue weighted by Crippen LogP contribution is -2.21. The van der Waals surface area contributed by atoms with Crippen LogP contribution < -0.4 is 4.90 Å². The molecule has 0 saturated carbocycles. The molecule has 0 fully saturated rings. The van der Waals surface area contributed by atoms with Gasteiger partial charge in [0, 0.05) is 11.3 Å². The Morgan fingerprint density at radius 3 is 2.50 bits per heavy atom. The lowest BCUT2D eigenvalue weighted by molar-refractivity contribution is -0.107. The molecule has 0 unspecified atom stereocenters. The summed E-state index contributed by atoms with van der Waals surface area (Å²) in [4.78, 5) is 12.7. The van der Waals surface area contributed by atoms with Crippen LogP contribution >= 0.6 is 0 Å². The van der Waals surface area contributed by atoms with Crippen molar-refractivity contribution in [3.8, 4) is 0 Å². The number of carbonyl (C=O) groups excluding carboxylic acids is 1. The van der Waals surface area contributed by atoms with Crippen LogP contribution in [0.25, 0.3) is 0 Å².